The lowest BCUT2D eigenvalue weighted by molar-refractivity contribution is 0.0751. The average Bonchev–Trinajstić information content (AvgIpc) is 3.29. The number of likely N-dealkylation sites (tertiary alicyclic amines) is 1. The van der Waals surface area contributed by atoms with Crippen LogP contribution in [0.25, 0.3) is 11.0 Å². The van der Waals surface area contributed by atoms with Gasteiger partial charge in [0.05, 0.1) is 11.0 Å². The highest BCUT2D eigenvalue weighted by Gasteiger charge is 2.19. The Balaban J connectivity index is 1.57. The van der Waals surface area contributed by atoms with Gasteiger partial charge in [0.25, 0.3) is 5.91 Å². The fourth-order valence-corrected chi connectivity index (χ4v) is 5.49. The summed E-state index contributed by atoms with van der Waals surface area (Å²) in [4.78, 5) is 23.1. The van der Waals surface area contributed by atoms with Crippen molar-refractivity contribution in [3.8, 4) is 0 Å². The number of aryl methyl sites for hydroxylation is 1. The summed E-state index contributed by atoms with van der Waals surface area (Å²) in [7, 11) is 0. The van der Waals surface area contributed by atoms with E-state index in [4.69, 9.17) is 16.6 Å². The van der Waals surface area contributed by atoms with Gasteiger partial charge in [-0.1, -0.05) is 56.8 Å². The highest BCUT2D eigenvalue weighted by atomic mass is 35.5. The summed E-state index contributed by atoms with van der Waals surface area (Å²) in [5, 5.41) is 4.28. The van der Waals surface area contributed by atoms with Crippen LogP contribution >= 0.6 is 11.6 Å². The van der Waals surface area contributed by atoms with Crippen molar-refractivity contribution in [3.05, 3.63) is 58.6 Å². The zero-order valence-corrected chi connectivity index (χ0v) is 24.0. The van der Waals surface area contributed by atoms with E-state index in [9.17, 15) is 4.79 Å². The van der Waals surface area contributed by atoms with Gasteiger partial charge >= 0.3 is 0 Å². The fourth-order valence-electron chi connectivity index (χ4n) is 5.28. The molecule has 206 valence electrons. The Kier molecular flexibility index (Phi) is 10.9. The van der Waals surface area contributed by atoms with Crippen molar-refractivity contribution in [1.82, 2.24) is 19.4 Å². The molecular formula is C31H44ClN5O. The summed E-state index contributed by atoms with van der Waals surface area (Å²) >= 11 is 6.21. The molecule has 7 heteroatoms. The van der Waals surface area contributed by atoms with Gasteiger partial charge in [-0.25, -0.2) is 4.98 Å². The molecule has 1 fully saturated rings. The Labute approximate surface area is 233 Å². The number of amides is 1. The summed E-state index contributed by atoms with van der Waals surface area (Å²) in [6.07, 6.45) is 9.24. The van der Waals surface area contributed by atoms with Gasteiger partial charge < -0.3 is 19.7 Å². The molecule has 0 aliphatic carbocycles. The maximum atomic E-state index is 13.5. The minimum absolute atomic E-state index is 0.128. The zero-order valence-electron chi connectivity index (χ0n) is 23.2. The molecule has 0 radical (unpaired) electrons. The third-order valence-electron chi connectivity index (χ3n) is 7.49. The van der Waals surface area contributed by atoms with Crippen molar-refractivity contribution in [2.75, 3.05) is 38.0 Å². The van der Waals surface area contributed by atoms with E-state index in [1.54, 1.807) is 0 Å². The quantitative estimate of drug-likeness (QED) is 0.236. The van der Waals surface area contributed by atoms with Gasteiger partial charge in [-0.15, -0.1) is 0 Å². The maximum absolute atomic E-state index is 13.5. The number of carbonyl (C=O) groups excluding carboxylic acids is 1. The number of rotatable bonds is 14. The number of imidazole rings is 1. The Morgan fingerprint density at radius 3 is 2.45 bits per heavy atom. The molecule has 1 aliphatic rings. The predicted molar refractivity (Wildman–Crippen MR) is 159 cm³/mol. The summed E-state index contributed by atoms with van der Waals surface area (Å²) in [5.74, 6) is 0.973. The predicted octanol–water partition coefficient (Wildman–Crippen LogP) is 7.22. The topological polar surface area (TPSA) is 53.4 Å². The van der Waals surface area contributed by atoms with Crippen LogP contribution in [0.15, 0.2) is 42.5 Å². The van der Waals surface area contributed by atoms with E-state index in [2.05, 4.69) is 40.8 Å². The molecule has 0 spiro atoms. The number of nitrogens with one attached hydrogen (secondary N) is 1. The second-order valence-electron chi connectivity index (χ2n) is 10.5. The molecule has 0 unspecified atom stereocenters. The van der Waals surface area contributed by atoms with E-state index in [1.165, 1.54) is 32.4 Å². The van der Waals surface area contributed by atoms with E-state index in [1.807, 2.05) is 35.2 Å². The molecular weight excluding hydrogens is 494 g/mol. The normalized spacial score (nSPS) is 14.2. The monoisotopic (exact) mass is 537 g/mol. The number of benzene rings is 2. The van der Waals surface area contributed by atoms with Gasteiger partial charge in [-0.05, 0) is 87.6 Å². The van der Waals surface area contributed by atoms with Crippen molar-refractivity contribution >= 4 is 34.5 Å². The Hall–Kier alpha value is -2.57. The van der Waals surface area contributed by atoms with Crippen molar-refractivity contribution < 1.29 is 4.79 Å². The second-order valence-corrected chi connectivity index (χ2v) is 11.0. The highest BCUT2D eigenvalue weighted by molar-refractivity contribution is 6.30. The Morgan fingerprint density at radius 1 is 0.974 bits per heavy atom. The van der Waals surface area contributed by atoms with Crippen LogP contribution in [0.4, 0.5) is 5.95 Å². The molecule has 4 rings (SSSR count). The van der Waals surface area contributed by atoms with E-state index in [-0.39, 0.29) is 5.91 Å². The third kappa shape index (κ3) is 7.73. The van der Waals surface area contributed by atoms with E-state index < -0.39 is 0 Å². The van der Waals surface area contributed by atoms with Crippen LogP contribution in [-0.4, -0.2) is 58.0 Å². The molecule has 38 heavy (non-hydrogen) atoms. The van der Waals surface area contributed by atoms with Crippen molar-refractivity contribution in [2.24, 2.45) is 0 Å². The lowest BCUT2D eigenvalue weighted by atomic mass is 10.1. The van der Waals surface area contributed by atoms with E-state index in [0.29, 0.717) is 6.54 Å². The van der Waals surface area contributed by atoms with Crippen molar-refractivity contribution in [1.29, 1.82) is 0 Å². The first-order valence-corrected chi connectivity index (χ1v) is 15.0. The molecule has 1 N–H and O–H groups in total. The van der Waals surface area contributed by atoms with Crippen LogP contribution in [0.3, 0.4) is 0 Å². The number of nitrogens with zero attached hydrogens (tertiary/aromatic N) is 4. The molecule has 1 aliphatic heterocycles. The Morgan fingerprint density at radius 2 is 1.74 bits per heavy atom. The molecule has 2 aromatic carbocycles. The van der Waals surface area contributed by atoms with Crippen LogP contribution in [0.2, 0.25) is 5.02 Å². The first-order chi connectivity index (χ1) is 18.6. The van der Waals surface area contributed by atoms with Gasteiger partial charge in [0.1, 0.15) is 0 Å². The van der Waals surface area contributed by atoms with Crippen LogP contribution in [0, 0.1) is 0 Å². The number of hydrogen-bond donors (Lipinski definition) is 1. The van der Waals surface area contributed by atoms with Crippen LogP contribution < -0.4 is 5.32 Å². The van der Waals surface area contributed by atoms with Gasteiger partial charge in [0, 0.05) is 36.8 Å². The molecule has 3 aromatic rings. The molecule has 0 saturated carbocycles. The molecule has 1 aromatic heterocycles. The smallest absolute Gasteiger partial charge is 0.253 e. The minimum Gasteiger partial charge on any atom is -0.352 e. The number of halogens is 1. The molecule has 6 nitrogen and oxygen atoms in total. The number of hydrogen-bond acceptors (Lipinski definition) is 4. The number of carbonyl (C=O) groups is 1. The van der Waals surface area contributed by atoms with Gasteiger partial charge in [-0.3, -0.25) is 4.79 Å². The first kappa shape index (κ1) is 28.4. The zero-order chi connectivity index (χ0) is 26.7. The Bertz CT molecular complexity index is 1160. The summed E-state index contributed by atoms with van der Waals surface area (Å²) in [6.45, 7) is 11.0. The SMILES string of the molecule is CCCCN(CCCC)C(=O)c1ccc2nc(NCc3cccc(Cl)c3)n(CCCN3CCCCC3)c2c1. The minimum atomic E-state index is 0.128. The largest absolute Gasteiger partial charge is 0.352 e. The number of piperidine rings is 1. The molecule has 2 heterocycles. The van der Waals surface area contributed by atoms with Crippen molar-refractivity contribution in [2.45, 2.75) is 78.3 Å². The molecule has 1 amide bonds. The second kappa shape index (κ2) is 14.5. The number of fused-ring (bicyclic) bond motifs is 1. The highest BCUT2D eigenvalue weighted by Crippen LogP contribution is 2.24. The van der Waals surface area contributed by atoms with E-state index in [0.717, 1.165) is 91.4 Å². The molecule has 0 bridgehead atoms. The maximum Gasteiger partial charge on any atom is 0.253 e. The van der Waals surface area contributed by atoms with Crippen LogP contribution in [-0.2, 0) is 13.1 Å². The van der Waals surface area contributed by atoms with Gasteiger partial charge in [0.15, 0.2) is 0 Å². The van der Waals surface area contributed by atoms with Gasteiger partial charge in [0.2, 0.25) is 5.95 Å². The summed E-state index contributed by atoms with van der Waals surface area (Å²) in [5.41, 5.74) is 3.81. The lowest BCUT2D eigenvalue weighted by Gasteiger charge is -2.26. The van der Waals surface area contributed by atoms with Crippen LogP contribution in [0.1, 0.15) is 81.1 Å². The lowest BCUT2D eigenvalue weighted by Crippen LogP contribution is -2.33. The van der Waals surface area contributed by atoms with Gasteiger partial charge in [-0.2, -0.15) is 0 Å². The molecule has 0 atom stereocenters. The summed E-state index contributed by atoms with van der Waals surface area (Å²) in [6, 6.07) is 13.9. The standard InChI is InChI=1S/C31H44ClN5O/c1-3-5-19-36(20-6-4-2)30(38)26-14-15-28-29(23-26)37(21-11-18-35-16-8-7-9-17-35)31(34-28)33-24-25-12-10-13-27(32)22-25/h10,12-15,22-23H,3-9,11,16-21,24H2,1-2H3,(H,33,34). The first-order valence-electron chi connectivity index (χ1n) is 14.6. The van der Waals surface area contributed by atoms with E-state index >= 15 is 0 Å². The summed E-state index contributed by atoms with van der Waals surface area (Å²) < 4.78 is 2.27. The number of aromatic nitrogens is 2. The third-order valence-corrected chi connectivity index (χ3v) is 7.73. The number of unbranched alkanes of at least 4 members (excludes halogenated alkanes) is 2. The average molecular weight is 538 g/mol. The molecule has 1 saturated heterocycles. The van der Waals surface area contributed by atoms with Crippen LogP contribution in [0.5, 0.6) is 0 Å². The van der Waals surface area contributed by atoms with Crippen molar-refractivity contribution in [3.63, 3.8) is 0 Å². The fraction of sp³-hybridized carbons (Fsp3) is 0.548. The number of anilines is 1.